The van der Waals surface area contributed by atoms with E-state index in [1.54, 1.807) is 56.3 Å². The van der Waals surface area contributed by atoms with Gasteiger partial charge in [0.15, 0.2) is 17.6 Å². The van der Waals surface area contributed by atoms with E-state index in [0.717, 1.165) is 0 Å². The molecular weight excluding hydrogens is 402 g/mol. The molecule has 2 aromatic rings. The lowest BCUT2D eigenvalue weighted by molar-refractivity contribution is -0.122. The molecule has 0 spiro atoms. The SMILES string of the molecule is CCC(=O)NCCNC(=O)c1ccc(NC(=O)C(C)Oc2ccc3c(c2)OCO3)cc1. The Hall–Kier alpha value is -3.75. The van der Waals surface area contributed by atoms with E-state index in [0.29, 0.717) is 48.0 Å². The Morgan fingerprint density at radius 2 is 1.71 bits per heavy atom. The summed E-state index contributed by atoms with van der Waals surface area (Å²) >= 11 is 0. The van der Waals surface area contributed by atoms with Gasteiger partial charge in [0.25, 0.3) is 11.8 Å². The second kappa shape index (κ2) is 10.3. The smallest absolute Gasteiger partial charge is 0.265 e. The molecule has 9 nitrogen and oxygen atoms in total. The Bertz CT molecular complexity index is 945. The van der Waals surface area contributed by atoms with Crippen LogP contribution in [-0.4, -0.2) is 43.7 Å². The summed E-state index contributed by atoms with van der Waals surface area (Å²) < 4.78 is 16.2. The third-order valence-corrected chi connectivity index (χ3v) is 4.49. The first-order valence-electron chi connectivity index (χ1n) is 9.98. The highest BCUT2D eigenvalue weighted by atomic mass is 16.7. The zero-order valence-corrected chi connectivity index (χ0v) is 17.4. The fraction of sp³-hybridized carbons (Fsp3) is 0.318. The molecule has 0 radical (unpaired) electrons. The number of hydrogen-bond acceptors (Lipinski definition) is 6. The predicted octanol–water partition coefficient (Wildman–Crippen LogP) is 2.08. The summed E-state index contributed by atoms with van der Waals surface area (Å²) in [5.41, 5.74) is 0.988. The number of amides is 3. The number of benzene rings is 2. The van der Waals surface area contributed by atoms with Crippen molar-refractivity contribution < 1.29 is 28.6 Å². The first-order chi connectivity index (χ1) is 15.0. The van der Waals surface area contributed by atoms with Gasteiger partial charge in [-0.05, 0) is 43.3 Å². The van der Waals surface area contributed by atoms with E-state index in [9.17, 15) is 14.4 Å². The third-order valence-electron chi connectivity index (χ3n) is 4.49. The Balaban J connectivity index is 1.46. The van der Waals surface area contributed by atoms with E-state index in [-0.39, 0.29) is 24.5 Å². The number of carbonyl (C=O) groups is 3. The van der Waals surface area contributed by atoms with Crippen LogP contribution in [0.1, 0.15) is 30.6 Å². The molecule has 0 saturated carbocycles. The molecule has 1 aliphatic rings. The highest BCUT2D eigenvalue weighted by Gasteiger charge is 2.18. The molecule has 1 atom stereocenters. The van der Waals surface area contributed by atoms with Gasteiger partial charge in [-0.15, -0.1) is 0 Å². The molecule has 31 heavy (non-hydrogen) atoms. The van der Waals surface area contributed by atoms with Crippen LogP contribution >= 0.6 is 0 Å². The highest BCUT2D eigenvalue weighted by molar-refractivity contribution is 5.96. The second-order valence-electron chi connectivity index (χ2n) is 6.80. The molecule has 1 unspecified atom stereocenters. The van der Waals surface area contributed by atoms with E-state index in [1.165, 1.54) is 0 Å². The molecule has 3 rings (SSSR count). The van der Waals surface area contributed by atoms with Crippen LogP contribution in [0.4, 0.5) is 5.69 Å². The Morgan fingerprint density at radius 1 is 1.00 bits per heavy atom. The van der Waals surface area contributed by atoms with Crippen LogP contribution in [0.15, 0.2) is 42.5 Å². The normalized spacial score (nSPS) is 12.6. The number of nitrogens with one attached hydrogen (secondary N) is 3. The predicted molar refractivity (Wildman–Crippen MR) is 113 cm³/mol. The maximum atomic E-state index is 12.4. The van der Waals surface area contributed by atoms with Gasteiger partial charge in [0.2, 0.25) is 12.7 Å². The van der Waals surface area contributed by atoms with Crippen molar-refractivity contribution in [2.45, 2.75) is 26.4 Å². The molecule has 0 saturated heterocycles. The minimum Gasteiger partial charge on any atom is -0.481 e. The van der Waals surface area contributed by atoms with Gasteiger partial charge in [-0.25, -0.2) is 0 Å². The van der Waals surface area contributed by atoms with Crippen LogP contribution < -0.4 is 30.2 Å². The number of fused-ring (bicyclic) bond motifs is 1. The summed E-state index contributed by atoms with van der Waals surface area (Å²) in [6, 6.07) is 11.6. The topological polar surface area (TPSA) is 115 Å². The second-order valence-corrected chi connectivity index (χ2v) is 6.80. The Kier molecular flexibility index (Phi) is 7.31. The summed E-state index contributed by atoms with van der Waals surface area (Å²) in [5.74, 6) is 1.05. The lowest BCUT2D eigenvalue weighted by Gasteiger charge is -2.15. The van der Waals surface area contributed by atoms with Crippen molar-refractivity contribution in [1.82, 2.24) is 10.6 Å². The van der Waals surface area contributed by atoms with Crippen LogP contribution in [-0.2, 0) is 9.59 Å². The quantitative estimate of drug-likeness (QED) is 0.528. The number of ether oxygens (including phenoxy) is 3. The van der Waals surface area contributed by atoms with Crippen molar-refractivity contribution in [3.8, 4) is 17.2 Å². The number of carbonyl (C=O) groups excluding carboxylic acids is 3. The third kappa shape index (κ3) is 6.11. The first kappa shape index (κ1) is 21.9. The van der Waals surface area contributed by atoms with Crippen molar-refractivity contribution >= 4 is 23.4 Å². The lowest BCUT2D eigenvalue weighted by Crippen LogP contribution is -2.34. The van der Waals surface area contributed by atoms with Gasteiger partial charge in [0.1, 0.15) is 5.75 Å². The van der Waals surface area contributed by atoms with E-state index >= 15 is 0 Å². The summed E-state index contributed by atoms with van der Waals surface area (Å²) in [4.78, 5) is 35.7. The van der Waals surface area contributed by atoms with E-state index in [4.69, 9.17) is 14.2 Å². The fourth-order valence-electron chi connectivity index (χ4n) is 2.76. The zero-order chi connectivity index (χ0) is 22.2. The number of rotatable bonds is 9. The average molecular weight is 427 g/mol. The number of anilines is 1. The van der Waals surface area contributed by atoms with Crippen LogP contribution in [0.2, 0.25) is 0 Å². The van der Waals surface area contributed by atoms with Gasteiger partial charge >= 0.3 is 0 Å². The Morgan fingerprint density at radius 3 is 2.45 bits per heavy atom. The maximum Gasteiger partial charge on any atom is 0.265 e. The molecule has 0 aromatic heterocycles. The summed E-state index contributed by atoms with van der Waals surface area (Å²) in [6.07, 6.45) is -0.344. The molecule has 9 heteroatoms. The minimum atomic E-state index is -0.748. The van der Waals surface area contributed by atoms with Crippen LogP contribution in [0.3, 0.4) is 0 Å². The standard InChI is InChI=1S/C22H25N3O6/c1-3-20(26)23-10-11-24-22(28)15-4-6-16(7-5-15)25-21(27)14(2)31-17-8-9-18-19(12-17)30-13-29-18/h4-9,12,14H,3,10-11,13H2,1-2H3,(H,23,26)(H,24,28)(H,25,27). The van der Waals surface area contributed by atoms with Crippen molar-refractivity contribution in [3.05, 3.63) is 48.0 Å². The zero-order valence-electron chi connectivity index (χ0n) is 17.4. The van der Waals surface area contributed by atoms with Gasteiger partial charge in [0, 0.05) is 36.8 Å². The molecule has 3 N–H and O–H groups in total. The first-order valence-corrected chi connectivity index (χ1v) is 9.98. The molecule has 1 heterocycles. The lowest BCUT2D eigenvalue weighted by atomic mass is 10.2. The van der Waals surface area contributed by atoms with Crippen LogP contribution in [0.25, 0.3) is 0 Å². The van der Waals surface area contributed by atoms with Gasteiger partial charge in [-0.2, -0.15) is 0 Å². The largest absolute Gasteiger partial charge is 0.481 e. The maximum absolute atomic E-state index is 12.4. The molecule has 164 valence electrons. The van der Waals surface area contributed by atoms with E-state index in [1.807, 2.05) is 0 Å². The van der Waals surface area contributed by atoms with Gasteiger partial charge in [-0.1, -0.05) is 6.92 Å². The molecule has 0 bridgehead atoms. The van der Waals surface area contributed by atoms with Crippen LogP contribution in [0.5, 0.6) is 17.2 Å². The van der Waals surface area contributed by atoms with Gasteiger partial charge in [0.05, 0.1) is 0 Å². The average Bonchev–Trinajstić information content (AvgIpc) is 3.24. The van der Waals surface area contributed by atoms with Crippen molar-refractivity contribution in [2.24, 2.45) is 0 Å². The van der Waals surface area contributed by atoms with E-state index in [2.05, 4.69) is 16.0 Å². The minimum absolute atomic E-state index is 0.0638. The molecule has 0 aliphatic carbocycles. The fourth-order valence-corrected chi connectivity index (χ4v) is 2.76. The van der Waals surface area contributed by atoms with Crippen molar-refractivity contribution in [2.75, 3.05) is 25.2 Å². The number of hydrogen-bond donors (Lipinski definition) is 3. The Labute approximate surface area is 180 Å². The summed E-state index contributed by atoms with van der Waals surface area (Å²) in [5, 5.41) is 8.16. The molecular formula is C22H25N3O6. The van der Waals surface area contributed by atoms with Crippen molar-refractivity contribution in [1.29, 1.82) is 0 Å². The van der Waals surface area contributed by atoms with Gasteiger partial charge < -0.3 is 30.2 Å². The van der Waals surface area contributed by atoms with E-state index < -0.39 is 6.10 Å². The molecule has 2 aromatic carbocycles. The molecule has 3 amide bonds. The molecule has 1 aliphatic heterocycles. The van der Waals surface area contributed by atoms with Crippen molar-refractivity contribution in [3.63, 3.8) is 0 Å². The highest BCUT2D eigenvalue weighted by Crippen LogP contribution is 2.35. The summed E-state index contributed by atoms with van der Waals surface area (Å²) in [6.45, 7) is 4.27. The van der Waals surface area contributed by atoms with Gasteiger partial charge in [-0.3, -0.25) is 14.4 Å². The summed E-state index contributed by atoms with van der Waals surface area (Å²) in [7, 11) is 0. The monoisotopic (exact) mass is 427 g/mol. The molecule has 0 fully saturated rings. The van der Waals surface area contributed by atoms with Crippen LogP contribution in [0, 0.1) is 0 Å².